The summed E-state index contributed by atoms with van der Waals surface area (Å²) in [6.45, 7) is 1.28. The highest BCUT2D eigenvalue weighted by Gasteiger charge is 2.08. The number of methoxy groups -OCH3 is 2. The van der Waals surface area contributed by atoms with Gasteiger partial charge in [0.05, 0.1) is 19.2 Å². The second-order valence-electron chi connectivity index (χ2n) is 5.68. The zero-order valence-electron chi connectivity index (χ0n) is 14.8. The Morgan fingerprint density at radius 1 is 1.00 bits per heavy atom. The maximum absolute atomic E-state index is 10.0. The Labute approximate surface area is 163 Å². The first-order valence-electron chi connectivity index (χ1n) is 8.21. The van der Waals surface area contributed by atoms with Gasteiger partial charge >= 0.3 is 0 Å². The molecule has 0 saturated carbocycles. The summed E-state index contributed by atoms with van der Waals surface area (Å²) >= 11 is 11.9. The molecule has 2 aromatic rings. The quantitative estimate of drug-likeness (QED) is 0.597. The van der Waals surface area contributed by atoms with E-state index in [-0.39, 0.29) is 6.61 Å². The summed E-state index contributed by atoms with van der Waals surface area (Å²) < 4.78 is 16.0. The van der Waals surface area contributed by atoms with Crippen molar-refractivity contribution in [1.29, 1.82) is 0 Å². The Morgan fingerprint density at radius 3 is 2.42 bits per heavy atom. The second kappa shape index (κ2) is 10.5. The molecule has 0 fully saturated rings. The molecule has 0 saturated heterocycles. The van der Waals surface area contributed by atoms with Crippen molar-refractivity contribution in [3.05, 3.63) is 52.0 Å². The number of aliphatic hydroxyl groups is 1. The minimum Gasteiger partial charge on any atom is -0.493 e. The molecule has 1 unspecified atom stereocenters. The van der Waals surface area contributed by atoms with E-state index >= 15 is 0 Å². The minimum atomic E-state index is -0.646. The lowest BCUT2D eigenvalue weighted by Crippen LogP contribution is -2.32. The van der Waals surface area contributed by atoms with Gasteiger partial charge in [-0.1, -0.05) is 29.3 Å². The molecule has 0 amide bonds. The molecular weight excluding hydrogens is 377 g/mol. The van der Waals surface area contributed by atoms with Crippen LogP contribution in [-0.4, -0.2) is 45.1 Å². The number of hydrogen-bond acceptors (Lipinski definition) is 5. The van der Waals surface area contributed by atoms with Crippen LogP contribution in [-0.2, 0) is 6.42 Å². The molecule has 0 spiro atoms. The molecule has 26 heavy (non-hydrogen) atoms. The number of aliphatic hydroxyl groups excluding tert-OH is 1. The number of halogens is 2. The molecule has 142 valence electrons. The van der Waals surface area contributed by atoms with Crippen LogP contribution < -0.4 is 19.5 Å². The van der Waals surface area contributed by atoms with Gasteiger partial charge in [0, 0.05) is 11.6 Å². The van der Waals surface area contributed by atoms with Gasteiger partial charge in [-0.05, 0) is 48.9 Å². The van der Waals surface area contributed by atoms with Gasteiger partial charge in [0.2, 0.25) is 0 Å². The van der Waals surface area contributed by atoms with Gasteiger partial charge in [0.25, 0.3) is 0 Å². The third-order valence-corrected chi connectivity index (χ3v) is 4.27. The Hall–Kier alpha value is -1.66. The van der Waals surface area contributed by atoms with Gasteiger partial charge in [0.1, 0.15) is 18.5 Å². The fraction of sp³-hybridized carbons (Fsp3) is 0.368. The molecule has 5 nitrogen and oxygen atoms in total. The maximum Gasteiger partial charge on any atom is 0.160 e. The lowest BCUT2D eigenvalue weighted by atomic mass is 10.1. The van der Waals surface area contributed by atoms with Crippen LogP contribution in [0.2, 0.25) is 10.0 Å². The summed E-state index contributed by atoms with van der Waals surface area (Å²) in [4.78, 5) is 0. The molecule has 2 N–H and O–H groups in total. The van der Waals surface area contributed by atoms with Crippen LogP contribution in [0.3, 0.4) is 0 Å². The summed E-state index contributed by atoms with van der Waals surface area (Å²) in [7, 11) is 3.23. The van der Waals surface area contributed by atoms with Crippen LogP contribution >= 0.6 is 23.2 Å². The second-order valence-corrected chi connectivity index (χ2v) is 6.53. The van der Waals surface area contributed by atoms with Gasteiger partial charge in [0.15, 0.2) is 11.5 Å². The molecule has 0 aliphatic rings. The van der Waals surface area contributed by atoms with Crippen LogP contribution in [0.15, 0.2) is 36.4 Å². The predicted molar refractivity (Wildman–Crippen MR) is 104 cm³/mol. The highest BCUT2D eigenvalue weighted by Crippen LogP contribution is 2.28. The smallest absolute Gasteiger partial charge is 0.160 e. The molecule has 2 rings (SSSR count). The monoisotopic (exact) mass is 399 g/mol. The molecule has 0 bridgehead atoms. The highest BCUT2D eigenvalue weighted by atomic mass is 35.5. The van der Waals surface area contributed by atoms with Crippen LogP contribution in [0.5, 0.6) is 17.2 Å². The summed E-state index contributed by atoms with van der Waals surface area (Å²) in [5.41, 5.74) is 1.12. The number of ether oxygens (including phenoxy) is 3. The largest absolute Gasteiger partial charge is 0.493 e. The van der Waals surface area contributed by atoms with E-state index in [0.29, 0.717) is 40.4 Å². The third-order valence-electron chi connectivity index (χ3n) is 3.74. The van der Waals surface area contributed by atoms with Crippen molar-refractivity contribution in [3.8, 4) is 17.2 Å². The van der Waals surface area contributed by atoms with Crippen molar-refractivity contribution in [2.24, 2.45) is 0 Å². The predicted octanol–water partition coefficient (Wildman–Crippen LogP) is 3.58. The molecule has 0 aliphatic carbocycles. The molecular formula is C19H23Cl2NO4. The van der Waals surface area contributed by atoms with E-state index in [4.69, 9.17) is 37.4 Å². The van der Waals surface area contributed by atoms with Crippen LogP contribution in [0.4, 0.5) is 0 Å². The summed E-state index contributed by atoms with van der Waals surface area (Å²) in [6.07, 6.45) is 0.156. The van der Waals surface area contributed by atoms with Crippen molar-refractivity contribution in [1.82, 2.24) is 5.32 Å². The average molecular weight is 400 g/mol. The molecule has 0 aromatic heterocycles. The topological polar surface area (TPSA) is 60.0 Å². The minimum absolute atomic E-state index is 0.144. The first kappa shape index (κ1) is 20.6. The zero-order chi connectivity index (χ0) is 18.9. The number of rotatable bonds is 10. The molecule has 2 aromatic carbocycles. The van der Waals surface area contributed by atoms with Gasteiger partial charge in [-0.15, -0.1) is 0 Å². The normalized spacial score (nSPS) is 11.9. The maximum atomic E-state index is 10.0. The summed E-state index contributed by atoms with van der Waals surface area (Å²) in [6, 6.07) is 10.8. The Balaban J connectivity index is 1.70. The van der Waals surface area contributed by atoms with Crippen molar-refractivity contribution in [2.75, 3.05) is 33.9 Å². The summed E-state index contributed by atoms with van der Waals surface area (Å²) in [5, 5.41) is 14.2. The van der Waals surface area contributed by atoms with E-state index in [0.717, 1.165) is 12.0 Å². The van der Waals surface area contributed by atoms with Gasteiger partial charge in [-0.25, -0.2) is 0 Å². The zero-order valence-corrected chi connectivity index (χ0v) is 16.3. The summed E-state index contributed by atoms with van der Waals surface area (Å²) in [5.74, 6) is 1.91. The molecule has 1 atom stereocenters. The number of benzene rings is 2. The standard InChI is InChI=1S/C19H23Cl2NO4/c1-24-18-5-3-13(9-19(18)25-2)7-8-22-11-15(23)12-26-17-6-4-14(20)10-16(17)21/h3-6,9-10,15,22-23H,7-8,11-12H2,1-2H3. The fourth-order valence-electron chi connectivity index (χ4n) is 2.37. The number of nitrogens with one attached hydrogen (secondary N) is 1. The highest BCUT2D eigenvalue weighted by molar-refractivity contribution is 6.35. The van der Waals surface area contributed by atoms with Crippen molar-refractivity contribution >= 4 is 23.2 Å². The van der Waals surface area contributed by atoms with E-state index in [9.17, 15) is 5.11 Å². The molecule has 7 heteroatoms. The van der Waals surface area contributed by atoms with Gasteiger partial charge in [-0.3, -0.25) is 0 Å². The van der Waals surface area contributed by atoms with E-state index in [1.54, 1.807) is 32.4 Å². The average Bonchev–Trinajstić information content (AvgIpc) is 2.64. The fourth-order valence-corrected chi connectivity index (χ4v) is 2.84. The van der Waals surface area contributed by atoms with Gasteiger partial charge in [-0.2, -0.15) is 0 Å². The Kier molecular flexibility index (Phi) is 8.32. The molecule has 0 aliphatic heterocycles. The SMILES string of the molecule is COc1ccc(CCNCC(O)COc2ccc(Cl)cc2Cl)cc1OC. The first-order chi connectivity index (χ1) is 12.5. The molecule has 0 heterocycles. The van der Waals surface area contributed by atoms with E-state index in [1.165, 1.54) is 0 Å². The van der Waals surface area contributed by atoms with Crippen molar-refractivity contribution < 1.29 is 19.3 Å². The van der Waals surface area contributed by atoms with Crippen LogP contribution in [0.25, 0.3) is 0 Å². The lowest BCUT2D eigenvalue weighted by molar-refractivity contribution is 0.107. The number of hydrogen-bond donors (Lipinski definition) is 2. The first-order valence-corrected chi connectivity index (χ1v) is 8.96. The van der Waals surface area contributed by atoms with E-state index < -0.39 is 6.10 Å². The Bertz CT molecular complexity index is 712. The Morgan fingerprint density at radius 2 is 1.73 bits per heavy atom. The van der Waals surface area contributed by atoms with E-state index in [1.807, 2.05) is 18.2 Å². The molecule has 0 radical (unpaired) electrons. The van der Waals surface area contributed by atoms with E-state index in [2.05, 4.69) is 5.32 Å². The van der Waals surface area contributed by atoms with Crippen LogP contribution in [0, 0.1) is 0 Å². The van der Waals surface area contributed by atoms with Crippen LogP contribution in [0.1, 0.15) is 5.56 Å². The third kappa shape index (κ3) is 6.25. The lowest BCUT2D eigenvalue weighted by Gasteiger charge is -2.14. The van der Waals surface area contributed by atoms with Crippen molar-refractivity contribution in [3.63, 3.8) is 0 Å². The van der Waals surface area contributed by atoms with Gasteiger partial charge < -0.3 is 24.6 Å². The van der Waals surface area contributed by atoms with Crippen molar-refractivity contribution in [2.45, 2.75) is 12.5 Å².